The number of anilines is 2. The Labute approximate surface area is 92.4 Å². The molecule has 1 rings (SSSR count). The average Bonchev–Trinajstić information content (AvgIpc) is 2.20. The highest BCUT2D eigenvalue weighted by molar-refractivity contribution is 9.10. The minimum atomic E-state index is 0.181. The number of nitrogens with one attached hydrogen (secondary N) is 1. The van der Waals surface area contributed by atoms with Crippen LogP contribution in [0.3, 0.4) is 0 Å². The van der Waals surface area contributed by atoms with Gasteiger partial charge in [0.25, 0.3) is 0 Å². The Kier molecular flexibility index (Phi) is 4.22. The number of benzene rings is 1. The molecule has 0 aliphatic rings. The number of rotatable bonds is 4. The number of hydrogen-bond donors (Lipinski definition) is 3. The molecule has 0 aromatic heterocycles. The maximum absolute atomic E-state index is 8.86. The molecule has 14 heavy (non-hydrogen) atoms. The molecule has 4 N–H and O–H groups in total. The number of nitrogens with two attached hydrogens (primary N) is 1. The van der Waals surface area contributed by atoms with Crippen molar-refractivity contribution in [2.24, 2.45) is 5.92 Å². The zero-order valence-electron chi connectivity index (χ0n) is 8.13. The first kappa shape index (κ1) is 11.3. The highest BCUT2D eigenvalue weighted by atomic mass is 79.9. The summed E-state index contributed by atoms with van der Waals surface area (Å²) in [6.45, 7) is 2.87. The first-order valence-corrected chi connectivity index (χ1v) is 5.33. The summed E-state index contributed by atoms with van der Waals surface area (Å²) in [5.41, 5.74) is 7.45. The van der Waals surface area contributed by atoms with Crippen LogP contribution in [0.4, 0.5) is 11.4 Å². The number of hydrogen-bond acceptors (Lipinski definition) is 3. The van der Waals surface area contributed by atoms with Gasteiger partial charge in [-0.05, 0) is 34.0 Å². The van der Waals surface area contributed by atoms with Crippen molar-refractivity contribution in [2.75, 3.05) is 24.2 Å². The van der Waals surface area contributed by atoms with Gasteiger partial charge in [-0.15, -0.1) is 0 Å². The van der Waals surface area contributed by atoms with Gasteiger partial charge in [0.2, 0.25) is 0 Å². The monoisotopic (exact) mass is 258 g/mol. The summed E-state index contributed by atoms with van der Waals surface area (Å²) in [5, 5.41) is 12.0. The molecule has 0 saturated heterocycles. The summed E-state index contributed by atoms with van der Waals surface area (Å²) < 4.78 is 0.888. The van der Waals surface area contributed by atoms with E-state index in [0.717, 1.165) is 16.7 Å². The van der Waals surface area contributed by atoms with Gasteiger partial charge in [0.05, 0.1) is 11.4 Å². The summed E-state index contributed by atoms with van der Waals surface area (Å²) in [7, 11) is 0. The van der Waals surface area contributed by atoms with Gasteiger partial charge >= 0.3 is 0 Å². The fourth-order valence-corrected chi connectivity index (χ4v) is 1.41. The molecule has 1 unspecified atom stereocenters. The van der Waals surface area contributed by atoms with Gasteiger partial charge in [0.15, 0.2) is 0 Å². The van der Waals surface area contributed by atoms with Crippen molar-refractivity contribution >= 4 is 27.3 Å². The van der Waals surface area contributed by atoms with Crippen LogP contribution in [0.25, 0.3) is 0 Å². The third kappa shape index (κ3) is 2.89. The lowest BCUT2D eigenvalue weighted by molar-refractivity contribution is 0.244. The molecule has 1 aromatic rings. The molecule has 0 radical (unpaired) electrons. The molecule has 0 aliphatic carbocycles. The zero-order chi connectivity index (χ0) is 10.6. The van der Waals surface area contributed by atoms with Crippen LogP contribution in [0, 0.1) is 5.92 Å². The van der Waals surface area contributed by atoms with E-state index in [-0.39, 0.29) is 12.5 Å². The largest absolute Gasteiger partial charge is 0.396 e. The normalized spacial score (nSPS) is 12.5. The average molecular weight is 259 g/mol. The summed E-state index contributed by atoms with van der Waals surface area (Å²) in [4.78, 5) is 0. The van der Waals surface area contributed by atoms with E-state index in [4.69, 9.17) is 10.8 Å². The molecule has 3 nitrogen and oxygen atoms in total. The zero-order valence-corrected chi connectivity index (χ0v) is 9.71. The van der Waals surface area contributed by atoms with Gasteiger partial charge in [-0.1, -0.05) is 13.0 Å². The van der Waals surface area contributed by atoms with Crippen LogP contribution >= 0.6 is 15.9 Å². The Morgan fingerprint density at radius 2 is 2.29 bits per heavy atom. The second-order valence-corrected chi connectivity index (χ2v) is 4.22. The number of para-hydroxylation sites is 1. The quantitative estimate of drug-likeness (QED) is 0.725. The third-order valence-corrected chi connectivity index (χ3v) is 2.70. The second-order valence-electron chi connectivity index (χ2n) is 3.37. The topological polar surface area (TPSA) is 58.3 Å². The lowest BCUT2D eigenvalue weighted by atomic mass is 10.2. The van der Waals surface area contributed by atoms with Crippen molar-refractivity contribution in [2.45, 2.75) is 6.92 Å². The third-order valence-electron chi connectivity index (χ3n) is 2.01. The Bertz CT molecular complexity index is 304. The molecular formula is C10H15BrN2O. The molecule has 4 heteroatoms. The van der Waals surface area contributed by atoms with E-state index in [1.54, 1.807) is 0 Å². The highest BCUT2D eigenvalue weighted by Crippen LogP contribution is 2.27. The fraction of sp³-hybridized carbons (Fsp3) is 0.400. The first-order chi connectivity index (χ1) is 6.65. The van der Waals surface area contributed by atoms with E-state index in [9.17, 15) is 0 Å². The maximum Gasteiger partial charge on any atom is 0.0694 e. The van der Waals surface area contributed by atoms with Crippen LogP contribution in [0.2, 0.25) is 0 Å². The van der Waals surface area contributed by atoms with Gasteiger partial charge in [0.1, 0.15) is 0 Å². The number of nitrogen functional groups attached to an aromatic ring is 1. The molecule has 0 spiro atoms. The van der Waals surface area contributed by atoms with Crippen LogP contribution < -0.4 is 11.1 Å². The number of halogens is 1. The van der Waals surface area contributed by atoms with Crippen LogP contribution in [-0.4, -0.2) is 18.3 Å². The summed E-state index contributed by atoms with van der Waals surface area (Å²) >= 11 is 3.36. The summed E-state index contributed by atoms with van der Waals surface area (Å²) in [6.07, 6.45) is 0. The first-order valence-electron chi connectivity index (χ1n) is 4.54. The van der Waals surface area contributed by atoms with Gasteiger partial charge in [0, 0.05) is 17.6 Å². The SMILES string of the molecule is CC(CO)CNc1cccc(Br)c1N. The number of aliphatic hydroxyl groups is 1. The van der Waals surface area contributed by atoms with Crippen LogP contribution in [0.5, 0.6) is 0 Å². The smallest absolute Gasteiger partial charge is 0.0694 e. The molecule has 0 fully saturated rings. The Morgan fingerprint density at radius 1 is 1.57 bits per heavy atom. The Hall–Kier alpha value is -0.740. The molecule has 0 heterocycles. The summed E-state index contributed by atoms with van der Waals surface area (Å²) in [5.74, 6) is 0.230. The van der Waals surface area contributed by atoms with Crippen molar-refractivity contribution in [1.29, 1.82) is 0 Å². The van der Waals surface area contributed by atoms with Crippen molar-refractivity contribution < 1.29 is 5.11 Å². The van der Waals surface area contributed by atoms with Gasteiger partial charge < -0.3 is 16.2 Å². The van der Waals surface area contributed by atoms with Crippen molar-refractivity contribution in [3.8, 4) is 0 Å². The van der Waals surface area contributed by atoms with E-state index in [1.165, 1.54) is 0 Å². The lowest BCUT2D eigenvalue weighted by Gasteiger charge is -2.13. The predicted molar refractivity (Wildman–Crippen MR) is 63.3 cm³/mol. The van der Waals surface area contributed by atoms with Crippen molar-refractivity contribution in [3.05, 3.63) is 22.7 Å². The second kappa shape index (κ2) is 5.22. The van der Waals surface area contributed by atoms with Crippen LogP contribution in [0.1, 0.15) is 6.92 Å². The van der Waals surface area contributed by atoms with Crippen LogP contribution in [-0.2, 0) is 0 Å². The maximum atomic E-state index is 8.86. The molecule has 1 atom stereocenters. The molecule has 0 aliphatic heterocycles. The van der Waals surface area contributed by atoms with Crippen molar-refractivity contribution in [3.63, 3.8) is 0 Å². The van der Waals surface area contributed by atoms with E-state index in [0.29, 0.717) is 5.69 Å². The van der Waals surface area contributed by atoms with E-state index in [2.05, 4.69) is 21.2 Å². The molecular weight excluding hydrogens is 244 g/mol. The fourth-order valence-electron chi connectivity index (χ4n) is 1.04. The van der Waals surface area contributed by atoms with Gasteiger partial charge in [-0.25, -0.2) is 0 Å². The predicted octanol–water partition coefficient (Wildman–Crippen LogP) is 2.07. The van der Waals surface area contributed by atoms with Gasteiger partial charge in [-0.3, -0.25) is 0 Å². The minimum absolute atomic E-state index is 0.181. The van der Waals surface area contributed by atoms with Gasteiger partial charge in [-0.2, -0.15) is 0 Å². The van der Waals surface area contributed by atoms with E-state index < -0.39 is 0 Å². The number of aliphatic hydroxyl groups excluding tert-OH is 1. The summed E-state index contributed by atoms with van der Waals surface area (Å²) in [6, 6.07) is 5.74. The molecule has 0 amide bonds. The van der Waals surface area contributed by atoms with E-state index in [1.807, 2.05) is 25.1 Å². The van der Waals surface area contributed by atoms with E-state index >= 15 is 0 Å². The standard InChI is InChI=1S/C10H15BrN2O/c1-7(6-14)5-13-9-4-2-3-8(11)10(9)12/h2-4,7,13-14H,5-6,12H2,1H3. The molecule has 1 aromatic carbocycles. The lowest BCUT2D eigenvalue weighted by Crippen LogP contribution is -2.15. The van der Waals surface area contributed by atoms with Crippen LogP contribution in [0.15, 0.2) is 22.7 Å². The molecule has 78 valence electrons. The Morgan fingerprint density at radius 3 is 2.93 bits per heavy atom. The Balaban J connectivity index is 2.63. The highest BCUT2D eigenvalue weighted by Gasteiger charge is 2.03. The van der Waals surface area contributed by atoms with Crippen molar-refractivity contribution in [1.82, 2.24) is 0 Å². The minimum Gasteiger partial charge on any atom is -0.396 e. The molecule has 0 bridgehead atoms. The molecule has 0 saturated carbocycles.